The standard InChI is InChI=1S/C15H18ClNO4/c1-20-14(18)8-13-10-17(5-6-21-13)15(19)12-4-2-3-11(7-12)9-16/h2-4,7,13H,5-6,8-10H2,1H3. The largest absolute Gasteiger partial charge is 0.469 e. The third kappa shape index (κ3) is 4.19. The number of nitrogens with zero attached hydrogens (tertiary/aromatic N) is 1. The van der Waals surface area contributed by atoms with E-state index in [4.69, 9.17) is 16.3 Å². The summed E-state index contributed by atoms with van der Waals surface area (Å²) in [6.07, 6.45) is -0.159. The predicted molar refractivity (Wildman–Crippen MR) is 78.3 cm³/mol. The quantitative estimate of drug-likeness (QED) is 0.629. The molecule has 1 aromatic rings. The third-order valence-electron chi connectivity index (χ3n) is 3.38. The first-order valence-corrected chi connectivity index (χ1v) is 7.30. The average molecular weight is 312 g/mol. The van der Waals surface area contributed by atoms with E-state index in [0.717, 1.165) is 5.56 Å². The third-order valence-corrected chi connectivity index (χ3v) is 3.68. The van der Waals surface area contributed by atoms with Gasteiger partial charge in [0.15, 0.2) is 0 Å². The van der Waals surface area contributed by atoms with Crippen molar-refractivity contribution in [2.45, 2.75) is 18.4 Å². The number of hydrogen-bond acceptors (Lipinski definition) is 4. The van der Waals surface area contributed by atoms with Gasteiger partial charge in [-0.2, -0.15) is 0 Å². The van der Waals surface area contributed by atoms with Crippen molar-refractivity contribution in [3.63, 3.8) is 0 Å². The maximum atomic E-state index is 12.5. The molecule has 1 aliphatic rings. The molecule has 0 saturated carbocycles. The number of ether oxygens (including phenoxy) is 2. The summed E-state index contributed by atoms with van der Waals surface area (Å²) in [5.74, 6) is -0.0339. The lowest BCUT2D eigenvalue weighted by Crippen LogP contribution is -2.46. The zero-order valence-corrected chi connectivity index (χ0v) is 12.6. The minimum absolute atomic E-state index is 0.0693. The highest BCUT2D eigenvalue weighted by Crippen LogP contribution is 2.15. The van der Waals surface area contributed by atoms with Gasteiger partial charge in [-0.1, -0.05) is 12.1 Å². The Hall–Kier alpha value is -1.59. The molecule has 114 valence electrons. The van der Waals surface area contributed by atoms with Gasteiger partial charge in [0.05, 0.1) is 26.2 Å². The fourth-order valence-corrected chi connectivity index (χ4v) is 2.43. The van der Waals surface area contributed by atoms with E-state index in [1.54, 1.807) is 17.0 Å². The molecule has 1 fully saturated rings. The van der Waals surface area contributed by atoms with Crippen LogP contribution in [0.3, 0.4) is 0 Å². The van der Waals surface area contributed by atoms with Gasteiger partial charge in [0.2, 0.25) is 0 Å². The lowest BCUT2D eigenvalue weighted by molar-refractivity contribution is -0.145. The number of amides is 1. The number of carbonyl (C=O) groups is 2. The van der Waals surface area contributed by atoms with E-state index < -0.39 is 0 Å². The summed E-state index contributed by atoms with van der Waals surface area (Å²) in [7, 11) is 1.34. The predicted octanol–water partition coefficient (Wildman–Crippen LogP) is 1.83. The van der Waals surface area contributed by atoms with E-state index in [9.17, 15) is 9.59 Å². The number of esters is 1. The van der Waals surface area contributed by atoms with Crippen LogP contribution < -0.4 is 0 Å². The zero-order valence-electron chi connectivity index (χ0n) is 11.9. The summed E-state index contributed by atoms with van der Waals surface area (Å²) >= 11 is 5.79. The lowest BCUT2D eigenvalue weighted by Gasteiger charge is -2.32. The molecule has 6 heteroatoms. The molecule has 0 N–H and O–H groups in total. The Morgan fingerprint density at radius 3 is 3.00 bits per heavy atom. The fourth-order valence-electron chi connectivity index (χ4n) is 2.27. The van der Waals surface area contributed by atoms with E-state index in [1.807, 2.05) is 12.1 Å². The van der Waals surface area contributed by atoms with E-state index in [-0.39, 0.29) is 24.4 Å². The van der Waals surface area contributed by atoms with Crippen LogP contribution in [0.5, 0.6) is 0 Å². The van der Waals surface area contributed by atoms with Crippen LogP contribution in [0.1, 0.15) is 22.3 Å². The van der Waals surface area contributed by atoms with Crippen molar-refractivity contribution < 1.29 is 19.1 Å². The summed E-state index contributed by atoms with van der Waals surface area (Å²) < 4.78 is 10.1. The summed E-state index contributed by atoms with van der Waals surface area (Å²) in [5.41, 5.74) is 1.51. The van der Waals surface area contributed by atoms with Gasteiger partial charge in [0.1, 0.15) is 0 Å². The summed E-state index contributed by atoms with van der Waals surface area (Å²) in [4.78, 5) is 25.5. The van der Waals surface area contributed by atoms with Gasteiger partial charge in [-0.25, -0.2) is 0 Å². The lowest BCUT2D eigenvalue weighted by atomic mass is 10.1. The second-order valence-corrected chi connectivity index (χ2v) is 5.13. The molecule has 2 rings (SSSR count). The average Bonchev–Trinajstić information content (AvgIpc) is 2.54. The molecule has 1 atom stereocenters. The molecule has 0 aliphatic carbocycles. The molecule has 1 amide bonds. The molecule has 1 heterocycles. The van der Waals surface area contributed by atoms with Gasteiger partial charge < -0.3 is 14.4 Å². The second-order valence-electron chi connectivity index (χ2n) is 4.86. The van der Waals surface area contributed by atoms with Crippen LogP contribution in [-0.2, 0) is 20.1 Å². The molecular formula is C15H18ClNO4. The van der Waals surface area contributed by atoms with Crippen LogP contribution in [0.4, 0.5) is 0 Å². The van der Waals surface area contributed by atoms with Gasteiger partial charge in [-0.15, -0.1) is 11.6 Å². The first-order chi connectivity index (χ1) is 10.1. The number of carbonyl (C=O) groups excluding carboxylic acids is 2. The second kappa shape index (κ2) is 7.43. The number of methoxy groups -OCH3 is 1. The Bertz CT molecular complexity index is 520. The summed E-state index contributed by atoms with van der Waals surface area (Å²) in [6.45, 7) is 1.32. The molecule has 0 bridgehead atoms. The van der Waals surface area contributed by atoms with Crippen molar-refractivity contribution in [2.75, 3.05) is 26.8 Å². The van der Waals surface area contributed by atoms with Crippen molar-refractivity contribution in [3.05, 3.63) is 35.4 Å². The maximum absolute atomic E-state index is 12.5. The Balaban J connectivity index is 2.02. The highest BCUT2D eigenvalue weighted by molar-refractivity contribution is 6.17. The number of benzene rings is 1. The minimum Gasteiger partial charge on any atom is -0.469 e. The molecule has 5 nitrogen and oxygen atoms in total. The van der Waals surface area contributed by atoms with Crippen molar-refractivity contribution >= 4 is 23.5 Å². The molecule has 1 saturated heterocycles. The van der Waals surface area contributed by atoms with Gasteiger partial charge in [0.25, 0.3) is 5.91 Å². The van der Waals surface area contributed by atoms with Crippen molar-refractivity contribution in [1.82, 2.24) is 4.90 Å². The Morgan fingerprint density at radius 1 is 1.48 bits per heavy atom. The highest BCUT2D eigenvalue weighted by Gasteiger charge is 2.27. The van der Waals surface area contributed by atoms with Crippen LogP contribution in [0.25, 0.3) is 0 Å². The molecule has 0 spiro atoms. The van der Waals surface area contributed by atoms with E-state index in [1.165, 1.54) is 7.11 Å². The van der Waals surface area contributed by atoms with Crippen LogP contribution >= 0.6 is 11.6 Å². The highest BCUT2D eigenvalue weighted by atomic mass is 35.5. The number of morpholine rings is 1. The fraction of sp³-hybridized carbons (Fsp3) is 0.467. The van der Waals surface area contributed by atoms with E-state index in [2.05, 4.69) is 4.74 Å². The number of alkyl halides is 1. The van der Waals surface area contributed by atoms with Gasteiger partial charge in [-0.3, -0.25) is 9.59 Å². The van der Waals surface area contributed by atoms with E-state index in [0.29, 0.717) is 31.1 Å². The van der Waals surface area contributed by atoms with Gasteiger partial charge in [0, 0.05) is 24.5 Å². The maximum Gasteiger partial charge on any atom is 0.308 e. The van der Waals surface area contributed by atoms with Crippen LogP contribution in [0.15, 0.2) is 24.3 Å². The number of hydrogen-bond donors (Lipinski definition) is 0. The molecule has 0 aromatic heterocycles. The first-order valence-electron chi connectivity index (χ1n) is 6.76. The Kier molecular flexibility index (Phi) is 5.59. The van der Waals surface area contributed by atoms with Gasteiger partial charge >= 0.3 is 5.97 Å². The molecule has 1 unspecified atom stereocenters. The normalized spacial score (nSPS) is 18.4. The number of halogens is 1. The molecule has 1 aliphatic heterocycles. The first kappa shape index (κ1) is 15.8. The molecular weight excluding hydrogens is 294 g/mol. The molecule has 1 aromatic carbocycles. The SMILES string of the molecule is COC(=O)CC1CN(C(=O)c2cccc(CCl)c2)CCO1. The van der Waals surface area contributed by atoms with Crippen LogP contribution in [0, 0.1) is 0 Å². The zero-order chi connectivity index (χ0) is 15.2. The topological polar surface area (TPSA) is 55.8 Å². The van der Waals surface area contributed by atoms with E-state index >= 15 is 0 Å². The van der Waals surface area contributed by atoms with Crippen molar-refractivity contribution in [3.8, 4) is 0 Å². The Labute approximate surface area is 128 Å². The monoisotopic (exact) mass is 311 g/mol. The summed E-state index contributed by atoms with van der Waals surface area (Å²) in [6, 6.07) is 7.25. The smallest absolute Gasteiger partial charge is 0.308 e. The van der Waals surface area contributed by atoms with Crippen LogP contribution in [-0.4, -0.2) is 49.7 Å². The van der Waals surface area contributed by atoms with Gasteiger partial charge in [-0.05, 0) is 17.7 Å². The van der Waals surface area contributed by atoms with Crippen molar-refractivity contribution in [2.24, 2.45) is 0 Å². The number of rotatable bonds is 4. The minimum atomic E-state index is -0.335. The Morgan fingerprint density at radius 2 is 2.29 bits per heavy atom. The van der Waals surface area contributed by atoms with Crippen LogP contribution in [0.2, 0.25) is 0 Å². The summed E-state index contributed by atoms with van der Waals surface area (Å²) in [5, 5.41) is 0. The molecule has 21 heavy (non-hydrogen) atoms. The van der Waals surface area contributed by atoms with Crippen molar-refractivity contribution in [1.29, 1.82) is 0 Å². The molecule has 0 radical (unpaired) electrons.